The van der Waals surface area contributed by atoms with Crippen molar-refractivity contribution in [3.63, 3.8) is 0 Å². The summed E-state index contributed by atoms with van der Waals surface area (Å²) in [6.07, 6.45) is 0. The fraction of sp³-hybridized carbons (Fsp3) is 0.444. The molecule has 1 heterocycles. The molecule has 1 amide bonds. The number of nitrogens with one attached hydrogen (secondary N) is 1. The van der Waals surface area contributed by atoms with E-state index in [1.807, 2.05) is 0 Å². The van der Waals surface area contributed by atoms with E-state index in [-0.39, 0.29) is 12.5 Å². The van der Waals surface area contributed by atoms with E-state index in [4.69, 9.17) is 5.11 Å². The Morgan fingerprint density at radius 1 is 1.62 bits per heavy atom. The maximum atomic E-state index is 10.8. The summed E-state index contributed by atoms with van der Waals surface area (Å²) in [7, 11) is 1.70. The van der Waals surface area contributed by atoms with Gasteiger partial charge in [0.15, 0.2) is 5.13 Å². The zero-order valence-electron chi connectivity index (χ0n) is 9.06. The van der Waals surface area contributed by atoms with Crippen LogP contribution in [0.5, 0.6) is 0 Å². The summed E-state index contributed by atoms with van der Waals surface area (Å²) in [5, 5.41) is 13.5. The van der Waals surface area contributed by atoms with Crippen LogP contribution in [0.1, 0.15) is 12.6 Å². The lowest BCUT2D eigenvalue weighted by atomic mass is 10.4. The summed E-state index contributed by atoms with van der Waals surface area (Å²) in [6, 6.07) is 0. The Morgan fingerprint density at radius 2 is 2.31 bits per heavy atom. The topological polar surface area (TPSA) is 82.5 Å². The van der Waals surface area contributed by atoms with Gasteiger partial charge in [0.1, 0.15) is 0 Å². The molecule has 0 aromatic carbocycles. The first-order valence-electron chi connectivity index (χ1n) is 4.59. The zero-order valence-corrected chi connectivity index (χ0v) is 9.87. The van der Waals surface area contributed by atoms with Crippen molar-refractivity contribution in [1.82, 2.24) is 9.88 Å². The Balaban J connectivity index is 2.51. The molecule has 0 bridgehead atoms. The van der Waals surface area contributed by atoms with E-state index in [1.165, 1.54) is 18.3 Å². The number of carbonyl (C=O) groups excluding carboxylic acids is 1. The zero-order chi connectivity index (χ0) is 12.1. The molecule has 7 heteroatoms. The molecule has 0 saturated carbocycles. The molecule has 0 unspecified atom stereocenters. The highest BCUT2D eigenvalue weighted by Crippen LogP contribution is 2.16. The third-order valence-electron chi connectivity index (χ3n) is 1.67. The summed E-state index contributed by atoms with van der Waals surface area (Å²) < 4.78 is 0. The number of carbonyl (C=O) groups is 2. The van der Waals surface area contributed by atoms with Crippen LogP contribution in [0.4, 0.5) is 5.13 Å². The largest absolute Gasteiger partial charge is 0.480 e. The van der Waals surface area contributed by atoms with E-state index >= 15 is 0 Å². The molecule has 2 N–H and O–H groups in total. The van der Waals surface area contributed by atoms with E-state index in [0.29, 0.717) is 11.7 Å². The van der Waals surface area contributed by atoms with E-state index < -0.39 is 5.97 Å². The molecule has 0 atom stereocenters. The Kier molecular flexibility index (Phi) is 4.39. The van der Waals surface area contributed by atoms with E-state index in [1.54, 1.807) is 17.3 Å². The summed E-state index contributed by atoms with van der Waals surface area (Å²) in [5.74, 6) is -1.04. The number of carboxylic acid groups (broad SMARTS) is 1. The number of amides is 1. The van der Waals surface area contributed by atoms with Crippen molar-refractivity contribution in [2.24, 2.45) is 0 Å². The minimum atomic E-state index is -0.875. The van der Waals surface area contributed by atoms with Gasteiger partial charge in [-0.15, -0.1) is 11.3 Å². The number of hydrogen-bond acceptors (Lipinski definition) is 5. The highest BCUT2D eigenvalue weighted by atomic mass is 32.1. The van der Waals surface area contributed by atoms with Gasteiger partial charge >= 0.3 is 5.97 Å². The van der Waals surface area contributed by atoms with Gasteiger partial charge in [-0.3, -0.25) is 14.5 Å². The van der Waals surface area contributed by atoms with Gasteiger partial charge in [0.05, 0.1) is 12.2 Å². The van der Waals surface area contributed by atoms with Crippen molar-refractivity contribution in [1.29, 1.82) is 0 Å². The SMILES string of the molecule is CC(=O)Nc1nc(CN(C)CC(=O)O)cs1. The van der Waals surface area contributed by atoms with Gasteiger partial charge in [0.25, 0.3) is 0 Å². The molecule has 0 saturated heterocycles. The molecule has 0 spiro atoms. The van der Waals surface area contributed by atoms with Crippen LogP contribution in [0.3, 0.4) is 0 Å². The van der Waals surface area contributed by atoms with Gasteiger partial charge in [0.2, 0.25) is 5.91 Å². The van der Waals surface area contributed by atoms with Crippen LogP contribution in [0, 0.1) is 0 Å². The minimum absolute atomic E-state index is 0.0347. The number of anilines is 1. The monoisotopic (exact) mass is 243 g/mol. The quantitative estimate of drug-likeness (QED) is 0.792. The second-order valence-corrected chi connectivity index (χ2v) is 4.25. The number of nitrogens with zero attached hydrogens (tertiary/aromatic N) is 2. The lowest BCUT2D eigenvalue weighted by Gasteiger charge is -2.11. The van der Waals surface area contributed by atoms with Crippen molar-refractivity contribution >= 4 is 28.3 Å². The smallest absolute Gasteiger partial charge is 0.317 e. The van der Waals surface area contributed by atoms with Crippen molar-refractivity contribution < 1.29 is 14.7 Å². The van der Waals surface area contributed by atoms with Gasteiger partial charge in [-0.2, -0.15) is 0 Å². The summed E-state index contributed by atoms with van der Waals surface area (Å²) >= 11 is 1.32. The highest BCUT2D eigenvalue weighted by Gasteiger charge is 2.08. The normalized spacial score (nSPS) is 10.4. The first kappa shape index (κ1) is 12.6. The number of hydrogen-bond donors (Lipinski definition) is 2. The van der Waals surface area contributed by atoms with Gasteiger partial charge in [0, 0.05) is 18.8 Å². The van der Waals surface area contributed by atoms with Gasteiger partial charge in [-0.05, 0) is 7.05 Å². The molecule has 0 aliphatic carbocycles. The molecule has 1 aromatic heterocycles. The molecule has 0 fully saturated rings. The summed E-state index contributed by atoms with van der Waals surface area (Å²) in [4.78, 5) is 27.0. The lowest BCUT2D eigenvalue weighted by molar-refractivity contribution is -0.138. The van der Waals surface area contributed by atoms with E-state index in [9.17, 15) is 9.59 Å². The maximum Gasteiger partial charge on any atom is 0.317 e. The number of thiazole rings is 1. The first-order valence-corrected chi connectivity index (χ1v) is 5.47. The Morgan fingerprint density at radius 3 is 2.88 bits per heavy atom. The second kappa shape index (κ2) is 5.57. The van der Waals surface area contributed by atoms with Crippen LogP contribution >= 0.6 is 11.3 Å². The van der Waals surface area contributed by atoms with Crippen LogP contribution in [-0.2, 0) is 16.1 Å². The average Bonchev–Trinajstić information content (AvgIpc) is 2.49. The molecule has 88 valence electrons. The molecular formula is C9H13N3O3S. The van der Waals surface area contributed by atoms with E-state index in [0.717, 1.165) is 5.69 Å². The number of aromatic nitrogens is 1. The first-order chi connectivity index (χ1) is 7.47. The molecule has 1 rings (SSSR count). The van der Waals surface area contributed by atoms with Crippen molar-refractivity contribution in [3.8, 4) is 0 Å². The molecule has 0 aliphatic heterocycles. The van der Waals surface area contributed by atoms with Gasteiger partial charge < -0.3 is 10.4 Å². The van der Waals surface area contributed by atoms with Gasteiger partial charge in [-0.1, -0.05) is 0 Å². The predicted molar refractivity (Wildman–Crippen MR) is 60.4 cm³/mol. The Hall–Kier alpha value is -1.47. The molecule has 6 nitrogen and oxygen atoms in total. The standard InChI is InChI=1S/C9H13N3O3S/c1-6(13)10-9-11-7(5-16-9)3-12(2)4-8(14)15/h5H,3-4H2,1-2H3,(H,14,15)(H,10,11,13). The minimum Gasteiger partial charge on any atom is -0.480 e. The maximum absolute atomic E-state index is 10.8. The fourth-order valence-corrected chi connectivity index (χ4v) is 1.90. The number of rotatable bonds is 5. The third-order valence-corrected chi connectivity index (χ3v) is 2.48. The molecular weight excluding hydrogens is 230 g/mol. The van der Waals surface area contributed by atoms with Crippen LogP contribution in [0.15, 0.2) is 5.38 Å². The van der Waals surface area contributed by atoms with Crippen molar-refractivity contribution in [3.05, 3.63) is 11.1 Å². The van der Waals surface area contributed by atoms with Crippen LogP contribution < -0.4 is 5.32 Å². The number of carboxylic acids is 1. The van der Waals surface area contributed by atoms with Crippen LogP contribution in [0.2, 0.25) is 0 Å². The van der Waals surface area contributed by atoms with Crippen LogP contribution in [0.25, 0.3) is 0 Å². The highest BCUT2D eigenvalue weighted by molar-refractivity contribution is 7.13. The molecule has 1 aromatic rings. The van der Waals surface area contributed by atoms with E-state index in [2.05, 4.69) is 10.3 Å². The Labute approximate surface area is 96.9 Å². The summed E-state index contributed by atoms with van der Waals surface area (Å²) in [5.41, 5.74) is 0.748. The molecule has 0 radical (unpaired) electrons. The molecule has 0 aliphatic rings. The van der Waals surface area contributed by atoms with Gasteiger partial charge in [-0.25, -0.2) is 4.98 Å². The lowest BCUT2D eigenvalue weighted by Crippen LogP contribution is -2.25. The number of likely N-dealkylation sites (N-methyl/N-ethyl adjacent to an activating group) is 1. The third kappa shape index (κ3) is 4.37. The van der Waals surface area contributed by atoms with Crippen LogP contribution in [-0.4, -0.2) is 40.5 Å². The Bertz CT molecular complexity index is 391. The second-order valence-electron chi connectivity index (χ2n) is 3.39. The fourth-order valence-electron chi connectivity index (χ4n) is 1.15. The average molecular weight is 243 g/mol. The van der Waals surface area contributed by atoms with Crippen molar-refractivity contribution in [2.45, 2.75) is 13.5 Å². The van der Waals surface area contributed by atoms with Crippen molar-refractivity contribution in [2.75, 3.05) is 18.9 Å². The predicted octanol–water partition coefficient (Wildman–Crippen LogP) is 0.618. The number of aliphatic carboxylic acids is 1. The molecule has 16 heavy (non-hydrogen) atoms. The summed E-state index contributed by atoms with van der Waals surface area (Å²) in [6.45, 7) is 1.83.